The van der Waals surface area contributed by atoms with Crippen molar-refractivity contribution in [2.75, 3.05) is 14.2 Å². The Morgan fingerprint density at radius 2 is 1.12 bits per heavy atom. The smallest absolute Gasteiger partial charge is 0.494 e. The van der Waals surface area contributed by atoms with Gasteiger partial charge in [0.25, 0.3) is 0 Å². The minimum absolute atomic E-state index is 0.000249. The molecule has 3 aromatic heterocycles. The number of hydrogen-bond donors (Lipinski definition) is 2. The molecule has 1 fully saturated rings. The number of carboxylic acids is 1. The Balaban J connectivity index is 0.000000423. The number of alkyl halides is 4. The van der Waals surface area contributed by atoms with Gasteiger partial charge < -0.3 is 34.0 Å². The molecule has 4 heterocycles. The first-order chi connectivity index (χ1) is 42.4. The van der Waals surface area contributed by atoms with Crippen molar-refractivity contribution in [3.05, 3.63) is 117 Å². The molecule has 1 aliphatic heterocycles. The van der Waals surface area contributed by atoms with Crippen molar-refractivity contribution in [1.29, 1.82) is 0 Å². The number of esters is 1. The first-order valence-electron chi connectivity index (χ1n) is 25.1. The van der Waals surface area contributed by atoms with Crippen LogP contribution in [0, 0.1) is 0 Å². The third-order valence-electron chi connectivity index (χ3n) is 12.0. The van der Waals surface area contributed by atoms with E-state index in [9.17, 15) is 22.8 Å². The number of carbonyl (C=O) groups is 2. The molecule has 2 aromatic carbocycles. The Kier molecular flexibility index (Phi) is 51.3. The molecule has 5 aromatic rings. The highest BCUT2D eigenvalue weighted by Crippen LogP contribution is 3.40. The van der Waals surface area contributed by atoms with Crippen LogP contribution in [-0.4, -0.2) is 59.6 Å². The molecule has 1 aliphatic rings. The number of rotatable bonds is 22. The van der Waals surface area contributed by atoms with Crippen molar-refractivity contribution in [2.45, 2.75) is 76.2 Å². The maximum Gasteiger partial charge on any atom is 0.494 e. The second-order valence-electron chi connectivity index (χ2n) is 19.3. The van der Waals surface area contributed by atoms with E-state index < -0.39 is 30.4 Å². The van der Waals surface area contributed by atoms with Crippen LogP contribution >= 0.6 is 316 Å². The van der Waals surface area contributed by atoms with Crippen LogP contribution in [-0.2, 0) is 42.3 Å². The van der Waals surface area contributed by atoms with Crippen LogP contribution in [0.4, 0.5) is 13.2 Å². The zero-order valence-corrected chi connectivity index (χ0v) is 89.6. The molecule has 92 heavy (non-hydrogen) atoms. The molecule has 1 saturated heterocycles. The molecule has 518 valence electrons. The van der Waals surface area contributed by atoms with E-state index in [1.165, 1.54) is 32.7 Å². The van der Waals surface area contributed by atoms with E-state index >= 15 is 0 Å². The highest BCUT2D eigenvalue weighted by molar-refractivity contribution is 9.46. The van der Waals surface area contributed by atoms with Gasteiger partial charge in [-0.15, -0.1) is 161 Å². The number of hydrogen-bond acceptors (Lipinski definition) is 10. The monoisotopic (exact) mass is 2040 g/mol. The standard InChI is InChI=1S/C17H25BO4.C10H8N2O3.C7H7BrClN.C6H4BrF3O.H36P34/c1-15(2,14(19)20-7)12-9-8-10-13(11-12)18-21-16(3,4)17(5,6)22-18;1-15-7-5-12-6-3-2-4-11-9(6)8(7)10(13)14;8-6-2-1-5(4-10)7(9)3-6;7-3-4-1-2-5(11-4)6(8,9)10;1-19(2)28(20(3)4)32(27(17)18)34(31(25(13)14)26(15)16)33(29(21(5)6)22(7)8)30(23(9)10)24(11)12/h8-11H,1-7H3;2-5H,1H3,(H,13,14);1-3H,4,10H2;1-2H,3H2;1-18H2. The lowest BCUT2D eigenvalue weighted by Gasteiger charge is -2.54. The van der Waals surface area contributed by atoms with Crippen molar-refractivity contribution in [3.63, 3.8) is 0 Å². The summed E-state index contributed by atoms with van der Waals surface area (Å²) >= 11 is 12.1. The number of pyridine rings is 2. The Bertz CT molecular complexity index is 3040. The van der Waals surface area contributed by atoms with E-state index in [0.29, 0.717) is 22.9 Å². The van der Waals surface area contributed by atoms with Gasteiger partial charge in [-0.25, -0.2) is 4.79 Å². The highest BCUT2D eigenvalue weighted by atomic mass is 79.9. The van der Waals surface area contributed by atoms with Gasteiger partial charge in [-0.1, -0.05) is 73.8 Å². The molecule has 20 atom stereocenters. The summed E-state index contributed by atoms with van der Waals surface area (Å²) in [5, 5.41) is 10.1. The first-order valence-corrected chi connectivity index (χ1v) is 88.6. The van der Waals surface area contributed by atoms with Crippen LogP contribution in [0.15, 0.2) is 88.0 Å². The summed E-state index contributed by atoms with van der Waals surface area (Å²) in [5.74, 6) is -1.80. The SMILES string of the molecule is COC(=O)C(C)(C)c1cccc(B2OC(C)(C)C(C)(C)O2)c1.COc1cnc2cccnc2c1C(=O)O.FC(F)(F)c1ccc(CBr)o1.NCc1ccc(Br)cc1Cl.PP(P)P(P(P)P)P(P(P)P)P(P(P(P)P)P(P)P)P(P(P(P)P)P(P)P)P(P(P)P)P(P)P. The average Bonchev–Trinajstić information content (AvgIpc) is 1.01. The minimum Gasteiger partial charge on any atom is -0.494 e. The van der Waals surface area contributed by atoms with Gasteiger partial charge in [0.05, 0.1) is 47.9 Å². The molecular weight excluding hydrogens is 1970 g/mol. The number of ether oxygens (including phenoxy) is 2. The molecule has 3 N–H and O–H groups in total. The normalized spacial score (nSPS) is 14.8. The number of carbonyl (C=O) groups excluding carboxylic acids is 1. The van der Waals surface area contributed by atoms with Gasteiger partial charge in [0.1, 0.15) is 16.8 Å². The molecule has 0 aliphatic carbocycles. The summed E-state index contributed by atoms with van der Waals surface area (Å²) in [6, 6.07) is 19.0. The van der Waals surface area contributed by atoms with Crippen molar-refractivity contribution in [2.24, 2.45) is 5.73 Å². The largest absolute Gasteiger partial charge is 0.494 e. The van der Waals surface area contributed by atoms with Crippen LogP contribution in [0.5, 0.6) is 5.75 Å². The third-order valence-corrected chi connectivity index (χ3v) is 239. The quantitative estimate of drug-likeness (QED) is 0.0294. The van der Waals surface area contributed by atoms with Crippen LogP contribution in [0.1, 0.15) is 74.5 Å². The second kappa shape index (κ2) is 47.9. The number of nitrogens with zero attached hydrogens (tertiary/aromatic N) is 2. The number of nitrogens with two attached hydrogens (primary N) is 1. The summed E-state index contributed by atoms with van der Waals surface area (Å²) in [4.78, 5) is 31.1. The minimum atomic E-state index is -4.37. The van der Waals surface area contributed by atoms with Crippen molar-refractivity contribution >= 4 is 352 Å². The molecule has 0 spiro atoms. The summed E-state index contributed by atoms with van der Waals surface area (Å²) in [6.07, 6.45) is -1.47. The van der Waals surface area contributed by atoms with E-state index in [1.807, 2.05) is 84.0 Å². The zero-order valence-electron chi connectivity index (χ0n) is 50.6. The number of aromatic carboxylic acids is 1. The summed E-state index contributed by atoms with van der Waals surface area (Å²) in [6.45, 7) is 11.5. The van der Waals surface area contributed by atoms with Crippen LogP contribution in [0.3, 0.4) is 0 Å². The molecule has 52 heteroatoms. The fourth-order valence-electron chi connectivity index (χ4n) is 6.98. The van der Waals surface area contributed by atoms with Gasteiger partial charge in [-0.2, -0.15) is 13.2 Å². The molecule has 0 bridgehead atoms. The highest BCUT2D eigenvalue weighted by Gasteiger charge is 2.54. The van der Waals surface area contributed by atoms with Gasteiger partial charge in [0.2, 0.25) is 5.76 Å². The van der Waals surface area contributed by atoms with Crippen LogP contribution in [0.25, 0.3) is 11.0 Å². The molecule has 20 unspecified atom stereocenters. The lowest BCUT2D eigenvalue weighted by Crippen LogP contribution is -2.41. The van der Waals surface area contributed by atoms with E-state index in [0.717, 1.165) is 32.2 Å². The van der Waals surface area contributed by atoms with Crippen molar-refractivity contribution in [3.8, 4) is 5.75 Å². The molecule has 0 radical (unpaired) electrons. The first kappa shape index (κ1) is 98.7. The topological polar surface area (TPSA) is 156 Å². The molecular formula is C40H80BBr2ClF3N3O8P34. The van der Waals surface area contributed by atoms with E-state index in [2.05, 4.69) is 207 Å². The number of fused-ring (bicyclic) bond motifs is 1. The van der Waals surface area contributed by atoms with Crippen molar-refractivity contribution < 1.29 is 51.1 Å². The number of aromatic nitrogens is 2. The molecule has 0 amide bonds. The van der Waals surface area contributed by atoms with Crippen LogP contribution in [0.2, 0.25) is 5.02 Å². The Morgan fingerprint density at radius 3 is 1.49 bits per heavy atom. The predicted molar refractivity (Wildman–Crippen MR) is 509 cm³/mol. The van der Waals surface area contributed by atoms with Gasteiger partial charge in [-0.3, -0.25) is 14.8 Å². The lowest BCUT2D eigenvalue weighted by molar-refractivity contribution is -0.153. The second-order valence-corrected chi connectivity index (χ2v) is 159. The fourth-order valence-corrected chi connectivity index (χ4v) is 468. The summed E-state index contributed by atoms with van der Waals surface area (Å²) in [7, 11) is 62.3. The summed E-state index contributed by atoms with van der Waals surface area (Å²) in [5.41, 5.74) is 7.61. The van der Waals surface area contributed by atoms with E-state index in [-0.39, 0.29) is 146 Å². The van der Waals surface area contributed by atoms with E-state index in [1.54, 1.807) is 12.1 Å². The molecule has 6 rings (SSSR count). The maximum atomic E-state index is 12.0. The maximum absolute atomic E-state index is 12.0. The van der Waals surface area contributed by atoms with Gasteiger partial charge in [0.15, 0.2) is 5.75 Å². The third kappa shape index (κ3) is 31.0. The molecule has 11 nitrogen and oxygen atoms in total. The number of methoxy groups -OCH3 is 2. The van der Waals surface area contributed by atoms with Crippen LogP contribution < -0.4 is 15.9 Å². The Morgan fingerprint density at radius 1 is 0.663 bits per heavy atom. The Labute approximate surface area is 624 Å². The average molecular weight is 2050 g/mol. The zero-order chi connectivity index (χ0) is 70.9. The lowest BCUT2D eigenvalue weighted by atomic mass is 9.75. The fraction of sp³-hybridized carbons (Fsp3) is 0.350. The van der Waals surface area contributed by atoms with E-state index in [4.69, 9.17) is 41.2 Å². The van der Waals surface area contributed by atoms with Crippen molar-refractivity contribution in [1.82, 2.24) is 9.97 Å². The summed E-state index contributed by atoms with van der Waals surface area (Å²) < 4.78 is 62.9. The van der Waals surface area contributed by atoms with Gasteiger partial charge >= 0.3 is 25.2 Å². The Hall–Kier alpha value is 10.6. The van der Waals surface area contributed by atoms with Gasteiger partial charge in [0, 0.05) is 22.2 Å². The number of furan rings is 1. The number of carboxylic acid groups (broad SMARTS) is 1. The molecule has 0 saturated carbocycles. The number of benzene rings is 2. The number of halogens is 6. The predicted octanol–water partition coefficient (Wildman–Crippen LogP) is 29.2. The van der Waals surface area contributed by atoms with Gasteiger partial charge in [-0.05, 0) is 206 Å².